The van der Waals surface area contributed by atoms with Crippen molar-refractivity contribution < 1.29 is 23.1 Å². The number of carbonyl (C=O) groups excluding carboxylic acids is 2. The molecular formula is C24H27F2N3O3. The Bertz CT molecular complexity index is 1000. The van der Waals surface area contributed by atoms with E-state index in [0.29, 0.717) is 44.5 Å². The average Bonchev–Trinajstić information content (AvgIpc) is 3.61. The van der Waals surface area contributed by atoms with Crippen molar-refractivity contribution >= 4 is 11.8 Å². The summed E-state index contributed by atoms with van der Waals surface area (Å²) in [5.74, 6) is -1.21. The first kappa shape index (κ1) is 22.2. The molecule has 1 aliphatic carbocycles. The monoisotopic (exact) mass is 443 g/mol. The van der Waals surface area contributed by atoms with Crippen LogP contribution in [0.3, 0.4) is 0 Å². The maximum atomic E-state index is 14.0. The van der Waals surface area contributed by atoms with Crippen LogP contribution in [0.1, 0.15) is 36.8 Å². The molecule has 1 saturated carbocycles. The molecule has 2 aromatic rings. The third-order valence-corrected chi connectivity index (χ3v) is 6.53. The Morgan fingerprint density at radius 1 is 1.00 bits per heavy atom. The highest BCUT2D eigenvalue weighted by atomic mass is 19.1. The fraction of sp³-hybridized carbons (Fsp3) is 0.417. The molecular weight excluding hydrogens is 416 g/mol. The summed E-state index contributed by atoms with van der Waals surface area (Å²) in [6.45, 7) is 1.07. The summed E-state index contributed by atoms with van der Waals surface area (Å²) in [6.07, 6.45) is 2.27. The molecule has 0 spiro atoms. The number of amides is 2. The molecule has 1 heterocycles. The van der Waals surface area contributed by atoms with E-state index in [-0.39, 0.29) is 23.9 Å². The molecule has 0 radical (unpaired) electrons. The van der Waals surface area contributed by atoms with Gasteiger partial charge in [-0.25, -0.2) is 8.78 Å². The Hall–Kier alpha value is -3.00. The van der Waals surface area contributed by atoms with Gasteiger partial charge in [-0.05, 0) is 62.5 Å². The summed E-state index contributed by atoms with van der Waals surface area (Å²) >= 11 is 0. The fourth-order valence-electron chi connectivity index (χ4n) is 4.29. The lowest BCUT2D eigenvalue weighted by molar-refractivity contribution is -0.136. The van der Waals surface area contributed by atoms with E-state index in [1.165, 1.54) is 6.07 Å². The summed E-state index contributed by atoms with van der Waals surface area (Å²) in [7, 11) is 1.59. The maximum absolute atomic E-state index is 14.0. The van der Waals surface area contributed by atoms with E-state index < -0.39 is 22.6 Å². The molecule has 1 aliphatic heterocycles. The summed E-state index contributed by atoms with van der Waals surface area (Å²) < 4.78 is 32.3. The molecule has 2 fully saturated rings. The van der Waals surface area contributed by atoms with Crippen LogP contribution in [0.25, 0.3) is 0 Å². The summed E-state index contributed by atoms with van der Waals surface area (Å²) in [5.41, 5.74) is -0.644. The zero-order valence-electron chi connectivity index (χ0n) is 18.0. The van der Waals surface area contributed by atoms with Gasteiger partial charge in [0.2, 0.25) is 11.8 Å². The van der Waals surface area contributed by atoms with Crippen molar-refractivity contribution in [1.29, 1.82) is 0 Å². The van der Waals surface area contributed by atoms with Crippen LogP contribution in [0.5, 0.6) is 5.75 Å². The van der Waals surface area contributed by atoms with Crippen LogP contribution in [0, 0.1) is 11.6 Å². The second-order valence-corrected chi connectivity index (χ2v) is 8.52. The first-order chi connectivity index (χ1) is 15.4. The largest absolute Gasteiger partial charge is 0.497 e. The SMILES string of the molecule is COc1ccc(C2(C(=O)NC3(C(=O)NCc4ccc(F)cc4F)CCNCC3)CC2)cc1. The van der Waals surface area contributed by atoms with E-state index in [1.54, 1.807) is 7.11 Å². The van der Waals surface area contributed by atoms with Crippen molar-refractivity contribution in [3.63, 3.8) is 0 Å². The van der Waals surface area contributed by atoms with E-state index in [0.717, 1.165) is 17.7 Å². The van der Waals surface area contributed by atoms with Gasteiger partial charge in [-0.15, -0.1) is 0 Å². The number of methoxy groups -OCH3 is 1. The zero-order chi connectivity index (χ0) is 22.8. The van der Waals surface area contributed by atoms with Crippen LogP contribution in [-0.2, 0) is 21.5 Å². The van der Waals surface area contributed by atoms with Crippen molar-refractivity contribution in [3.05, 3.63) is 65.2 Å². The Morgan fingerprint density at radius 3 is 2.28 bits per heavy atom. The number of rotatable bonds is 7. The molecule has 2 amide bonds. The topological polar surface area (TPSA) is 79.5 Å². The average molecular weight is 443 g/mol. The Labute approximate surface area is 185 Å². The number of piperidine rings is 1. The van der Waals surface area contributed by atoms with Gasteiger partial charge in [0, 0.05) is 18.2 Å². The fourth-order valence-corrected chi connectivity index (χ4v) is 4.29. The van der Waals surface area contributed by atoms with Gasteiger partial charge in [0.25, 0.3) is 0 Å². The molecule has 3 N–H and O–H groups in total. The minimum atomic E-state index is -1.08. The predicted octanol–water partition coefficient (Wildman–Crippen LogP) is 2.56. The second-order valence-electron chi connectivity index (χ2n) is 8.52. The van der Waals surface area contributed by atoms with Crippen LogP contribution in [0.4, 0.5) is 8.78 Å². The number of carbonyl (C=O) groups is 2. The van der Waals surface area contributed by atoms with E-state index in [4.69, 9.17) is 4.74 Å². The summed E-state index contributed by atoms with van der Waals surface area (Å²) in [4.78, 5) is 26.6. The number of nitrogens with one attached hydrogen (secondary N) is 3. The van der Waals surface area contributed by atoms with Gasteiger partial charge in [-0.1, -0.05) is 18.2 Å². The van der Waals surface area contributed by atoms with Crippen LogP contribution in [0.2, 0.25) is 0 Å². The van der Waals surface area contributed by atoms with Crippen LogP contribution < -0.4 is 20.7 Å². The molecule has 0 atom stereocenters. The molecule has 4 rings (SSSR count). The smallest absolute Gasteiger partial charge is 0.246 e. The normalized spacial score (nSPS) is 18.5. The second kappa shape index (κ2) is 8.86. The molecule has 1 saturated heterocycles. The van der Waals surface area contributed by atoms with Gasteiger partial charge in [-0.2, -0.15) is 0 Å². The van der Waals surface area contributed by atoms with Gasteiger partial charge >= 0.3 is 0 Å². The van der Waals surface area contributed by atoms with Crippen molar-refractivity contribution in [3.8, 4) is 5.75 Å². The third-order valence-electron chi connectivity index (χ3n) is 6.53. The molecule has 8 heteroatoms. The van der Waals surface area contributed by atoms with Gasteiger partial charge in [0.05, 0.1) is 12.5 Å². The highest BCUT2D eigenvalue weighted by Crippen LogP contribution is 2.49. The minimum absolute atomic E-state index is 0.0837. The number of ether oxygens (including phenoxy) is 1. The highest BCUT2D eigenvalue weighted by Gasteiger charge is 2.54. The number of halogens is 2. The lowest BCUT2D eigenvalue weighted by Gasteiger charge is -2.38. The lowest BCUT2D eigenvalue weighted by atomic mass is 9.85. The first-order valence-electron chi connectivity index (χ1n) is 10.8. The molecule has 2 aliphatic rings. The number of hydrogen-bond donors (Lipinski definition) is 3. The lowest BCUT2D eigenvalue weighted by Crippen LogP contribution is -2.64. The zero-order valence-corrected chi connectivity index (χ0v) is 18.0. The quantitative estimate of drug-likeness (QED) is 0.615. The van der Waals surface area contributed by atoms with Gasteiger partial charge in [0.1, 0.15) is 22.9 Å². The van der Waals surface area contributed by atoms with Crippen molar-refractivity contribution in [1.82, 2.24) is 16.0 Å². The predicted molar refractivity (Wildman–Crippen MR) is 115 cm³/mol. The maximum Gasteiger partial charge on any atom is 0.246 e. The number of benzene rings is 2. The molecule has 0 unspecified atom stereocenters. The Morgan fingerprint density at radius 2 is 1.69 bits per heavy atom. The van der Waals surface area contributed by atoms with Crippen LogP contribution in [0.15, 0.2) is 42.5 Å². The van der Waals surface area contributed by atoms with Crippen LogP contribution >= 0.6 is 0 Å². The van der Waals surface area contributed by atoms with E-state index in [1.807, 2.05) is 24.3 Å². The van der Waals surface area contributed by atoms with Gasteiger partial charge in [0.15, 0.2) is 0 Å². The molecule has 0 bridgehead atoms. The molecule has 0 aromatic heterocycles. The van der Waals surface area contributed by atoms with Crippen molar-refractivity contribution in [2.75, 3.05) is 20.2 Å². The van der Waals surface area contributed by atoms with E-state index in [2.05, 4.69) is 16.0 Å². The molecule has 6 nitrogen and oxygen atoms in total. The summed E-state index contributed by atoms with van der Waals surface area (Å²) in [5, 5.41) is 9.00. The van der Waals surface area contributed by atoms with Gasteiger partial charge < -0.3 is 20.7 Å². The van der Waals surface area contributed by atoms with E-state index in [9.17, 15) is 18.4 Å². The van der Waals surface area contributed by atoms with E-state index >= 15 is 0 Å². The molecule has 170 valence electrons. The Kier molecular flexibility index (Phi) is 6.15. The first-order valence-corrected chi connectivity index (χ1v) is 10.8. The standard InChI is InChI=1S/C24H27F2N3O3/c1-32-19-6-3-17(4-7-19)23(8-9-23)21(30)29-24(10-12-27-13-11-24)22(31)28-15-16-2-5-18(25)14-20(16)26/h2-7,14,27H,8-13,15H2,1H3,(H,28,31)(H,29,30). The van der Waals surface area contributed by atoms with Gasteiger partial charge in [-0.3, -0.25) is 9.59 Å². The van der Waals surface area contributed by atoms with Crippen molar-refractivity contribution in [2.45, 2.75) is 43.2 Å². The summed E-state index contributed by atoms with van der Waals surface area (Å²) in [6, 6.07) is 10.7. The molecule has 2 aromatic carbocycles. The third kappa shape index (κ3) is 4.32. The highest BCUT2D eigenvalue weighted by molar-refractivity contribution is 5.97. The van der Waals surface area contributed by atoms with Crippen molar-refractivity contribution in [2.24, 2.45) is 0 Å². The molecule has 32 heavy (non-hydrogen) atoms. The minimum Gasteiger partial charge on any atom is -0.497 e. The van der Waals surface area contributed by atoms with Crippen LogP contribution in [-0.4, -0.2) is 37.6 Å². The number of hydrogen-bond acceptors (Lipinski definition) is 4. The Balaban J connectivity index is 1.49.